The molecular formula is C16H19ClFNS. The fourth-order valence-corrected chi connectivity index (χ4v) is 3.61. The Bertz CT molecular complexity index is 602. The highest BCUT2D eigenvalue weighted by Gasteiger charge is 2.20. The molecule has 0 aliphatic rings. The summed E-state index contributed by atoms with van der Waals surface area (Å²) in [5, 5.41) is 3.92. The summed E-state index contributed by atoms with van der Waals surface area (Å²) >= 11 is 8.01. The van der Waals surface area contributed by atoms with Crippen molar-refractivity contribution in [3.63, 3.8) is 0 Å². The van der Waals surface area contributed by atoms with E-state index in [1.807, 2.05) is 6.07 Å². The third-order valence-electron chi connectivity index (χ3n) is 3.47. The minimum Gasteiger partial charge on any atom is -0.306 e. The number of nitrogens with one attached hydrogen (secondary N) is 1. The van der Waals surface area contributed by atoms with Gasteiger partial charge in [0.2, 0.25) is 0 Å². The lowest BCUT2D eigenvalue weighted by molar-refractivity contribution is 0.609. The van der Waals surface area contributed by atoms with Gasteiger partial charge in [-0.3, -0.25) is 0 Å². The maximum Gasteiger partial charge on any atom is 0.127 e. The van der Waals surface area contributed by atoms with Crippen molar-refractivity contribution in [3.8, 4) is 0 Å². The van der Waals surface area contributed by atoms with E-state index in [0.717, 1.165) is 12.1 Å². The van der Waals surface area contributed by atoms with Crippen LogP contribution in [0.2, 0.25) is 5.02 Å². The summed E-state index contributed by atoms with van der Waals surface area (Å²) in [6, 6.07) is 5.45. The molecule has 20 heavy (non-hydrogen) atoms. The van der Waals surface area contributed by atoms with E-state index in [0.29, 0.717) is 10.6 Å². The fraction of sp³-hybridized carbons (Fsp3) is 0.375. The number of rotatable bonds is 4. The van der Waals surface area contributed by atoms with Crippen LogP contribution in [-0.4, -0.2) is 6.54 Å². The molecule has 0 spiro atoms. The summed E-state index contributed by atoms with van der Waals surface area (Å²) in [5.74, 6) is -0.257. The molecule has 1 aromatic heterocycles. The zero-order valence-electron chi connectivity index (χ0n) is 12.2. The second-order valence-corrected chi connectivity index (χ2v) is 6.70. The molecule has 1 atom stereocenters. The highest BCUT2D eigenvalue weighted by Crippen LogP contribution is 2.35. The van der Waals surface area contributed by atoms with Crippen molar-refractivity contribution in [1.82, 2.24) is 5.32 Å². The molecule has 0 saturated heterocycles. The Morgan fingerprint density at radius 2 is 1.90 bits per heavy atom. The topological polar surface area (TPSA) is 12.0 Å². The van der Waals surface area contributed by atoms with Crippen LogP contribution in [0.5, 0.6) is 0 Å². The molecule has 0 radical (unpaired) electrons. The van der Waals surface area contributed by atoms with Gasteiger partial charge >= 0.3 is 0 Å². The number of thiophene rings is 1. The first-order valence-corrected chi connectivity index (χ1v) is 7.89. The van der Waals surface area contributed by atoms with Crippen LogP contribution in [0.1, 0.15) is 39.4 Å². The van der Waals surface area contributed by atoms with Crippen LogP contribution in [0, 0.1) is 26.6 Å². The van der Waals surface area contributed by atoms with Gasteiger partial charge in [-0.15, -0.1) is 11.3 Å². The van der Waals surface area contributed by atoms with Crippen molar-refractivity contribution in [1.29, 1.82) is 0 Å². The minimum absolute atomic E-state index is 0.0178. The molecule has 2 aromatic rings. The summed E-state index contributed by atoms with van der Waals surface area (Å²) in [4.78, 5) is 2.52. The summed E-state index contributed by atoms with van der Waals surface area (Å²) in [5.41, 5.74) is 2.84. The maximum atomic E-state index is 13.6. The van der Waals surface area contributed by atoms with Gasteiger partial charge in [0.15, 0.2) is 0 Å². The summed E-state index contributed by atoms with van der Waals surface area (Å²) in [6.07, 6.45) is 0. The Morgan fingerprint density at radius 1 is 1.20 bits per heavy atom. The van der Waals surface area contributed by atoms with Gasteiger partial charge in [-0.05, 0) is 62.2 Å². The number of hydrogen-bond acceptors (Lipinski definition) is 2. The largest absolute Gasteiger partial charge is 0.306 e. The average Bonchev–Trinajstić information content (AvgIpc) is 2.71. The lowest BCUT2D eigenvalue weighted by Gasteiger charge is -2.19. The van der Waals surface area contributed by atoms with Crippen LogP contribution in [0.25, 0.3) is 0 Å². The smallest absolute Gasteiger partial charge is 0.127 e. The Hall–Kier alpha value is -0.900. The Kier molecular flexibility index (Phi) is 4.84. The second kappa shape index (κ2) is 6.25. The summed E-state index contributed by atoms with van der Waals surface area (Å²) in [7, 11) is 0. The van der Waals surface area contributed by atoms with E-state index < -0.39 is 0 Å². The van der Waals surface area contributed by atoms with E-state index in [9.17, 15) is 4.39 Å². The van der Waals surface area contributed by atoms with Crippen LogP contribution >= 0.6 is 22.9 Å². The van der Waals surface area contributed by atoms with Crippen LogP contribution in [-0.2, 0) is 0 Å². The highest BCUT2D eigenvalue weighted by molar-refractivity contribution is 7.12. The Labute approximate surface area is 128 Å². The van der Waals surface area contributed by atoms with E-state index in [1.165, 1.54) is 21.4 Å². The second-order valence-electron chi connectivity index (χ2n) is 5.00. The zero-order valence-corrected chi connectivity index (χ0v) is 13.8. The molecule has 0 aliphatic heterocycles. The predicted octanol–water partition coefficient (Wildman–Crippen LogP) is 5.16. The van der Waals surface area contributed by atoms with Gasteiger partial charge < -0.3 is 5.32 Å². The molecule has 0 fully saturated rings. The van der Waals surface area contributed by atoms with E-state index in [-0.39, 0.29) is 11.9 Å². The summed E-state index contributed by atoms with van der Waals surface area (Å²) < 4.78 is 13.6. The lowest BCUT2D eigenvalue weighted by Crippen LogP contribution is -2.21. The molecular weight excluding hydrogens is 293 g/mol. The highest BCUT2D eigenvalue weighted by atomic mass is 35.5. The van der Waals surface area contributed by atoms with Gasteiger partial charge in [-0.25, -0.2) is 4.39 Å². The van der Waals surface area contributed by atoms with E-state index in [1.54, 1.807) is 18.3 Å². The Morgan fingerprint density at radius 3 is 2.45 bits per heavy atom. The summed E-state index contributed by atoms with van der Waals surface area (Å²) in [6.45, 7) is 8.88. The Balaban J connectivity index is 2.50. The third kappa shape index (κ3) is 3.05. The quantitative estimate of drug-likeness (QED) is 0.822. The van der Waals surface area contributed by atoms with Crippen LogP contribution in [0.4, 0.5) is 4.39 Å². The molecule has 4 heteroatoms. The van der Waals surface area contributed by atoms with Crippen molar-refractivity contribution in [2.75, 3.05) is 6.54 Å². The molecule has 2 rings (SSSR count). The van der Waals surface area contributed by atoms with Crippen molar-refractivity contribution >= 4 is 22.9 Å². The van der Waals surface area contributed by atoms with E-state index >= 15 is 0 Å². The molecule has 1 heterocycles. The fourth-order valence-electron chi connectivity index (χ4n) is 2.21. The molecule has 0 bridgehead atoms. The van der Waals surface area contributed by atoms with Crippen LogP contribution in [0.15, 0.2) is 18.2 Å². The molecule has 1 unspecified atom stereocenters. The number of benzene rings is 1. The zero-order chi connectivity index (χ0) is 14.9. The SMILES string of the molecule is CCNC(c1cc(C)c(C)s1)c1cc(C)c(F)cc1Cl. The van der Waals surface area contributed by atoms with Gasteiger partial charge in [-0.2, -0.15) is 0 Å². The monoisotopic (exact) mass is 311 g/mol. The van der Waals surface area contributed by atoms with Crippen molar-refractivity contribution in [3.05, 3.63) is 55.5 Å². The van der Waals surface area contributed by atoms with E-state index in [4.69, 9.17) is 11.6 Å². The predicted molar refractivity (Wildman–Crippen MR) is 85.5 cm³/mol. The first-order valence-electron chi connectivity index (χ1n) is 6.69. The first-order chi connectivity index (χ1) is 9.43. The van der Waals surface area contributed by atoms with Crippen molar-refractivity contribution < 1.29 is 4.39 Å². The molecule has 108 valence electrons. The molecule has 1 nitrogen and oxygen atoms in total. The maximum absolute atomic E-state index is 13.6. The minimum atomic E-state index is -0.257. The molecule has 0 amide bonds. The number of aryl methyl sites for hydroxylation is 3. The van der Waals surface area contributed by atoms with Gasteiger partial charge in [0.05, 0.1) is 6.04 Å². The molecule has 1 aromatic carbocycles. The van der Waals surface area contributed by atoms with Crippen molar-refractivity contribution in [2.24, 2.45) is 0 Å². The van der Waals surface area contributed by atoms with Crippen molar-refractivity contribution in [2.45, 2.75) is 33.7 Å². The molecule has 0 aliphatic carbocycles. The number of halogens is 2. The standard InChI is InChI=1S/C16H19ClFNS/c1-5-19-16(15-7-9(2)11(4)20-15)12-6-10(3)14(18)8-13(12)17/h6-8,16,19H,5H2,1-4H3. The van der Waals surface area contributed by atoms with Gasteiger partial charge in [0.25, 0.3) is 0 Å². The first kappa shape index (κ1) is 15.5. The normalized spacial score (nSPS) is 12.7. The van der Waals surface area contributed by atoms with E-state index in [2.05, 4.69) is 32.2 Å². The average molecular weight is 312 g/mol. The molecule has 0 saturated carbocycles. The molecule has 1 N–H and O–H groups in total. The van der Waals surface area contributed by atoms with Gasteiger partial charge in [-0.1, -0.05) is 18.5 Å². The lowest BCUT2D eigenvalue weighted by atomic mass is 10.0. The van der Waals surface area contributed by atoms with Crippen LogP contribution < -0.4 is 5.32 Å². The van der Waals surface area contributed by atoms with Gasteiger partial charge in [0, 0.05) is 14.8 Å². The van der Waals surface area contributed by atoms with Gasteiger partial charge in [0.1, 0.15) is 5.82 Å². The number of hydrogen-bond donors (Lipinski definition) is 1. The van der Waals surface area contributed by atoms with Crippen LogP contribution in [0.3, 0.4) is 0 Å². The third-order valence-corrected chi connectivity index (χ3v) is 5.01.